The predicted molar refractivity (Wildman–Crippen MR) is 86.8 cm³/mol. The van der Waals surface area contributed by atoms with E-state index in [0.717, 1.165) is 23.4 Å². The van der Waals surface area contributed by atoms with Crippen molar-refractivity contribution in [1.82, 2.24) is 0 Å². The molecule has 1 N–H and O–H groups in total. The van der Waals surface area contributed by atoms with Crippen LogP contribution in [0.25, 0.3) is 0 Å². The van der Waals surface area contributed by atoms with Crippen LogP contribution in [0.4, 0.5) is 5.69 Å². The van der Waals surface area contributed by atoms with Crippen LogP contribution >= 0.6 is 12.6 Å². The highest BCUT2D eigenvalue weighted by Gasteiger charge is 2.11. The third kappa shape index (κ3) is 3.23. The van der Waals surface area contributed by atoms with Gasteiger partial charge in [-0.05, 0) is 42.2 Å². The van der Waals surface area contributed by atoms with Gasteiger partial charge in [0.05, 0.1) is 0 Å². The monoisotopic (exact) mass is 285 g/mol. The quantitative estimate of drug-likeness (QED) is 0.803. The highest BCUT2D eigenvalue weighted by atomic mass is 32.1. The van der Waals surface area contributed by atoms with E-state index in [-0.39, 0.29) is 5.91 Å². The van der Waals surface area contributed by atoms with Crippen LogP contribution in [-0.4, -0.2) is 5.91 Å². The van der Waals surface area contributed by atoms with E-state index in [0.29, 0.717) is 5.56 Å². The van der Waals surface area contributed by atoms with E-state index in [1.165, 1.54) is 11.1 Å². The first-order valence-electron chi connectivity index (χ1n) is 6.86. The summed E-state index contributed by atoms with van der Waals surface area (Å²) in [6.07, 6.45) is 1.80. The zero-order valence-corrected chi connectivity index (χ0v) is 12.7. The Morgan fingerprint density at radius 3 is 2.20 bits per heavy atom. The van der Waals surface area contributed by atoms with Crippen LogP contribution < -0.4 is 5.32 Å². The summed E-state index contributed by atoms with van der Waals surface area (Å²) in [7, 11) is 0. The molecule has 0 aliphatic carbocycles. The molecule has 2 aromatic rings. The van der Waals surface area contributed by atoms with Gasteiger partial charge in [-0.3, -0.25) is 4.79 Å². The van der Waals surface area contributed by atoms with Crippen molar-refractivity contribution < 1.29 is 4.79 Å². The molecule has 1 amide bonds. The predicted octanol–water partition coefficient (Wildman–Crippen LogP) is 4.35. The minimum atomic E-state index is -0.0866. The smallest absolute Gasteiger partial charge is 0.255 e. The van der Waals surface area contributed by atoms with Gasteiger partial charge in [0.1, 0.15) is 0 Å². The standard InChI is InChI=1S/C17H19NOS/c1-3-12-7-5-8-13(4-2)16(12)18-17(19)14-9-6-10-15(20)11-14/h5-11,20H,3-4H2,1-2H3,(H,18,19). The molecule has 104 valence electrons. The molecule has 0 fully saturated rings. The number of rotatable bonds is 4. The maximum absolute atomic E-state index is 12.4. The number of benzene rings is 2. The fraction of sp³-hybridized carbons (Fsp3) is 0.235. The van der Waals surface area contributed by atoms with E-state index >= 15 is 0 Å². The molecule has 2 rings (SSSR count). The summed E-state index contributed by atoms with van der Waals surface area (Å²) in [5.74, 6) is -0.0866. The number of nitrogens with one attached hydrogen (secondary N) is 1. The number of hydrogen-bond donors (Lipinski definition) is 2. The Morgan fingerprint density at radius 1 is 1.05 bits per heavy atom. The molecule has 0 heterocycles. The third-order valence-electron chi connectivity index (χ3n) is 3.35. The Labute approximate surface area is 125 Å². The van der Waals surface area contributed by atoms with E-state index in [1.54, 1.807) is 12.1 Å². The van der Waals surface area contributed by atoms with Crippen LogP contribution in [0.5, 0.6) is 0 Å². The number of thiol groups is 1. The van der Waals surface area contributed by atoms with Crippen molar-refractivity contribution in [2.45, 2.75) is 31.6 Å². The molecule has 0 saturated heterocycles. The van der Waals surface area contributed by atoms with Gasteiger partial charge >= 0.3 is 0 Å². The third-order valence-corrected chi connectivity index (χ3v) is 3.62. The number of para-hydroxylation sites is 1. The summed E-state index contributed by atoms with van der Waals surface area (Å²) < 4.78 is 0. The summed E-state index contributed by atoms with van der Waals surface area (Å²) >= 11 is 4.27. The van der Waals surface area contributed by atoms with E-state index in [4.69, 9.17) is 0 Å². The number of anilines is 1. The van der Waals surface area contributed by atoms with Crippen molar-refractivity contribution >= 4 is 24.2 Å². The molecule has 0 aliphatic heterocycles. The number of carbonyl (C=O) groups excluding carboxylic acids is 1. The first-order chi connectivity index (χ1) is 9.65. The zero-order valence-electron chi connectivity index (χ0n) is 11.8. The molecular formula is C17H19NOS. The number of hydrogen-bond acceptors (Lipinski definition) is 2. The molecule has 20 heavy (non-hydrogen) atoms. The van der Waals surface area contributed by atoms with E-state index in [1.807, 2.05) is 18.2 Å². The Bertz CT molecular complexity index is 600. The summed E-state index contributed by atoms with van der Waals surface area (Å²) in [4.78, 5) is 13.1. The summed E-state index contributed by atoms with van der Waals surface area (Å²) in [6, 6.07) is 13.4. The van der Waals surface area contributed by atoms with Crippen LogP contribution in [0, 0.1) is 0 Å². The zero-order chi connectivity index (χ0) is 14.5. The second-order valence-corrected chi connectivity index (χ2v) is 5.18. The highest BCUT2D eigenvalue weighted by Crippen LogP contribution is 2.23. The summed E-state index contributed by atoms with van der Waals surface area (Å²) in [5, 5.41) is 3.05. The Balaban J connectivity index is 2.32. The lowest BCUT2D eigenvalue weighted by atomic mass is 10.0. The molecule has 0 aliphatic rings. The average molecular weight is 285 g/mol. The van der Waals surface area contributed by atoms with Crippen molar-refractivity contribution in [3.05, 3.63) is 59.2 Å². The van der Waals surface area contributed by atoms with Crippen molar-refractivity contribution in [2.24, 2.45) is 0 Å². The van der Waals surface area contributed by atoms with Crippen molar-refractivity contribution in [2.75, 3.05) is 5.32 Å². The normalized spacial score (nSPS) is 10.3. The summed E-state index contributed by atoms with van der Waals surface area (Å²) in [5.41, 5.74) is 3.91. The first kappa shape index (κ1) is 14.7. The second-order valence-electron chi connectivity index (χ2n) is 4.66. The lowest BCUT2D eigenvalue weighted by molar-refractivity contribution is 0.102. The van der Waals surface area contributed by atoms with Gasteiger partial charge in [-0.2, -0.15) is 0 Å². The van der Waals surface area contributed by atoms with Gasteiger partial charge < -0.3 is 5.32 Å². The molecular weight excluding hydrogens is 266 g/mol. The second kappa shape index (κ2) is 6.62. The molecule has 2 nitrogen and oxygen atoms in total. The van der Waals surface area contributed by atoms with Gasteiger partial charge in [0.25, 0.3) is 5.91 Å². The minimum Gasteiger partial charge on any atom is -0.321 e. The highest BCUT2D eigenvalue weighted by molar-refractivity contribution is 7.80. The molecule has 0 saturated carbocycles. The van der Waals surface area contributed by atoms with Crippen LogP contribution in [0.15, 0.2) is 47.4 Å². The van der Waals surface area contributed by atoms with Gasteiger partial charge in [0.2, 0.25) is 0 Å². The maximum Gasteiger partial charge on any atom is 0.255 e. The van der Waals surface area contributed by atoms with Gasteiger partial charge in [-0.25, -0.2) is 0 Å². The fourth-order valence-electron chi connectivity index (χ4n) is 2.24. The Kier molecular flexibility index (Phi) is 4.85. The van der Waals surface area contributed by atoms with Gasteiger partial charge in [-0.15, -0.1) is 12.6 Å². The van der Waals surface area contributed by atoms with Gasteiger partial charge in [0.15, 0.2) is 0 Å². The number of aryl methyl sites for hydroxylation is 2. The summed E-state index contributed by atoms with van der Waals surface area (Å²) in [6.45, 7) is 4.19. The average Bonchev–Trinajstić information content (AvgIpc) is 2.47. The minimum absolute atomic E-state index is 0.0866. The van der Waals surface area contributed by atoms with Gasteiger partial charge in [0, 0.05) is 16.1 Å². The van der Waals surface area contributed by atoms with E-state index in [2.05, 4.69) is 43.9 Å². The fourth-order valence-corrected chi connectivity index (χ4v) is 2.46. The molecule has 0 aromatic heterocycles. The van der Waals surface area contributed by atoms with Crippen molar-refractivity contribution in [1.29, 1.82) is 0 Å². The Morgan fingerprint density at radius 2 is 1.65 bits per heavy atom. The molecule has 0 spiro atoms. The maximum atomic E-state index is 12.4. The largest absolute Gasteiger partial charge is 0.321 e. The lowest BCUT2D eigenvalue weighted by Gasteiger charge is -2.14. The van der Waals surface area contributed by atoms with Crippen molar-refractivity contribution in [3.63, 3.8) is 0 Å². The Hall–Kier alpha value is -1.74. The first-order valence-corrected chi connectivity index (χ1v) is 7.31. The molecule has 0 unspecified atom stereocenters. The van der Waals surface area contributed by atoms with E-state index in [9.17, 15) is 4.79 Å². The van der Waals surface area contributed by atoms with Crippen LogP contribution in [0.1, 0.15) is 35.3 Å². The number of amides is 1. The number of carbonyl (C=O) groups is 1. The molecule has 0 bridgehead atoms. The molecule has 0 radical (unpaired) electrons. The topological polar surface area (TPSA) is 29.1 Å². The lowest BCUT2D eigenvalue weighted by Crippen LogP contribution is -2.14. The van der Waals surface area contributed by atoms with Crippen LogP contribution in [0.2, 0.25) is 0 Å². The molecule has 2 aromatic carbocycles. The van der Waals surface area contributed by atoms with E-state index < -0.39 is 0 Å². The van der Waals surface area contributed by atoms with Crippen molar-refractivity contribution in [3.8, 4) is 0 Å². The van der Waals surface area contributed by atoms with Gasteiger partial charge in [-0.1, -0.05) is 38.1 Å². The molecule has 0 atom stereocenters. The van der Waals surface area contributed by atoms with Crippen LogP contribution in [0.3, 0.4) is 0 Å². The molecule has 3 heteroatoms. The van der Waals surface area contributed by atoms with Crippen LogP contribution in [-0.2, 0) is 12.8 Å². The SMILES string of the molecule is CCc1cccc(CC)c1NC(=O)c1cccc(S)c1.